The van der Waals surface area contributed by atoms with Crippen LogP contribution in [-0.4, -0.2) is 154 Å². The highest BCUT2D eigenvalue weighted by Crippen LogP contribution is 2.65. The number of hydrogen-bond donors (Lipinski definition) is 3. The molecule has 2 amide bonds. The van der Waals surface area contributed by atoms with E-state index in [2.05, 4.69) is 10.6 Å². The highest BCUT2D eigenvalue weighted by molar-refractivity contribution is 5.94. The summed E-state index contributed by atoms with van der Waals surface area (Å²) in [5, 5.41) is 19.3. The van der Waals surface area contributed by atoms with Crippen molar-refractivity contribution in [1.29, 1.82) is 0 Å². The van der Waals surface area contributed by atoms with Crippen molar-refractivity contribution >= 4 is 41.8 Å². The Hall–Kier alpha value is -6.75. The molecule has 434 valence electrons. The number of aliphatic hydroxyl groups is 1. The Morgan fingerprint density at radius 3 is 2.06 bits per heavy atom. The molecule has 7 rings (SSSR count). The number of nitrogens with one attached hydrogen (secondary N) is 2. The Labute approximate surface area is 465 Å². The number of methoxy groups -OCH3 is 2. The molecular formula is C59H74N2O19. The van der Waals surface area contributed by atoms with Crippen LogP contribution in [0.5, 0.6) is 0 Å². The predicted molar refractivity (Wildman–Crippen MR) is 283 cm³/mol. The summed E-state index contributed by atoms with van der Waals surface area (Å²) in [4.78, 5) is 98.6. The maximum atomic E-state index is 15.9. The zero-order valence-corrected chi connectivity index (χ0v) is 46.9. The van der Waals surface area contributed by atoms with Gasteiger partial charge in [-0.15, -0.1) is 0 Å². The lowest BCUT2D eigenvalue weighted by Gasteiger charge is -2.67. The molecule has 2 saturated carbocycles. The van der Waals surface area contributed by atoms with Gasteiger partial charge in [-0.1, -0.05) is 92.7 Å². The molecule has 3 fully saturated rings. The van der Waals surface area contributed by atoms with E-state index in [1.165, 1.54) is 33.3 Å². The fourth-order valence-electron chi connectivity index (χ4n) is 11.7. The second-order valence-electron chi connectivity index (χ2n) is 22.1. The van der Waals surface area contributed by atoms with Crippen molar-refractivity contribution in [1.82, 2.24) is 10.6 Å². The zero-order chi connectivity index (χ0) is 58.2. The summed E-state index contributed by atoms with van der Waals surface area (Å²) < 4.78 is 65.5. The van der Waals surface area contributed by atoms with Crippen LogP contribution in [0, 0.1) is 16.7 Å². The number of benzene rings is 3. The fourth-order valence-corrected chi connectivity index (χ4v) is 11.7. The molecule has 21 heteroatoms. The van der Waals surface area contributed by atoms with Crippen LogP contribution in [0.4, 0.5) is 9.59 Å². The second kappa shape index (κ2) is 25.4. The van der Waals surface area contributed by atoms with Gasteiger partial charge in [0.25, 0.3) is 0 Å². The van der Waals surface area contributed by atoms with E-state index in [4.69, 9.17) is 52.1 Å². The van der Waals surface area contributed by atoms with Crippen molar-refractivity contribution in [2.45, 2.75) is 134 Å². The number of carbonyl (C=O) groups excluding carboxylic acids is 7. The summed E-state index contributed by atoms with van der Waals surface area (Å²) in [6.07, 6.45) is -10.6. The monoisotopic (exact) mass is 1110 g/mol. The predicted octanol–water partition coefficient (Wildman–Crippen LogP) is 6.08. The number of esters is 4. The third-order valence-corrected chi connectivity index (χ3v) is 15.6. The van der Waals surface area contributed by atoms with Crippen molar-refractivity contribution in [2.24, 2.45) is 16.7 Å². The van der Waals surface area contributed by atoms with Gasteiger partial charge in [-0.3, -0.25) is 9.59 Å². The number of fused-ring (bicyclic) bond motifs is 5. The molecule has 1 heterocycles. The molecule has 3 aromatic rings. The van der Waals surface area contributed by atoms with Gasteiger partial charge in [-0.25, -0.2) is 24.0 Å². The normalized spacial score (nSPS) is 27.4. The van der Waals surface area contributed by atoms with Crippen molar-refractivity contribution in [3.63, 3.8) is 0 Å². The van der Waals surface area contributed by atoms with Crippen LogP contribution in [0.1, 0.15) is 95.8 Å². The average Bonchev–Trinajstić information content (AvgIpc) is 3.44. The summed E-state index contributed by atoms with van der Waals surface area (Å²) >= 11 is 0. The van der Waals surface area contributed by atoms with E-state index in [0.717, 1.165) is 5.56 Å². The molecule has 0 radical (unpaired) electrons. The minimum Gasteiger partial charge on any atom is -0.455 e. The first-order chi connectivity index (χ1) is 37.9. The van der Waals surface area contributed by atoms with Gasteiger partial charge >= 0.3 is 36.1 Å². The molecule has 0 unspecified atom stereocenters. The molecule has 0 spiro atoms. The molecule has 3 N–H and O–H groups in total. The van der Waals surface area contributed by atoms with Gasteiger partial charge in [0.05, 0.1) is 49.4 Å². The van der Waals surface area contributed by atoms with Gasteiger partial charge in [0, 0.05) is 45.9 Å². The van der Waals surface area contributed by atoms with Gasteiger partial charge in [0.15, 0.2) is 11.4 Å². The molecule has 1 saturated heterocycles. The number of amides is 2. The number of ketones is 1. The number of Topliss-reactive ketones (excluding diaryl/α,β-unsaturated/α-hetero) is 1. The lowest BCUT2D eigenvalue weighted by Crippen LogP contribution is -2.82. The Kier molecular flexibility index (Phi) is 19.3. The van der Waals surface area contributed by atoms with Crippen LogP contribution < -0.4 is 10.6 Å². The third-order valence-electron chi connectivity index (χ3n) is 15.6. The Bertz CT molecular complexity index is 2730. The first kappa shape index (κ1) is 60.9. The van der Waals surface area contributed by atoms with E-state index in [0.29, 0.717) is 5.56 Å². The largest absolute Gasteiger partial charge is 0.455 e. The topological polar surface area (TPSA) is 265 Å². The van der Waals surface area contributed by atoms with Crippen molar-refractivity contribution in [3.8, 4) is 0 Å². The zero-order valence-electron chi connectivity index (χ0n) is 46.9. The summed E-state index contributed by atoms with van der Waals surface area (Å²) in [5.41, 5.74) is -6.63. The summed E-state index contributed by atoms with van der Waals surface area (Å²) in [6.45, 7) is 11.9. The van der Waals surface area contributed by atoms with Crippen molar-refractivity contribution < 1.29 is 90.8 Å². The average molecular weight is 1120 g/mol. The molecule has 0 aromatic heterocycles. The fraction of sp³-hybridized carbons (Fsp3) is 0.542. The molecule has 4 aliphatic rings. The number of alkyl carbamates (subject to hydrolysis) is 2. The van der Waals surface area contributed by atoms with Crippen LogP contribution in [-0.2, 0) is 77.9 Å². The van der Waals surface area contributed by atoms with Gasteiger partial charge in [0.2, 0.25) is 6.10 Å². The van der Waals surface area contributed by atoms with E-state index in [-0.39, 0.29) is 62.7 Å². The minimum absolute atomic E-state index is 0.00431. The van der Waals surface area contributed by atoms with Gasteiger partial charge in [0.1, 0.15) is 54.9 Å². The van der Waals surface area contributed by atoms with E-state index < -0.39 is 131 Å². The van der Waals surface area contributed by atoms with Crippen LogP contribution in [0.15, 0.2) is 102 Å². The standard InChI is InChI=1S/C59H74N2O19/c1-35-40(31-59(69)50(78-51(65)39-24-18-13-19-25-39)48-57(8,49(64)46(71-10)44(35)56(59,6)7)41(70-9)30-42-58(48,34-75-42)79-36(2)62)76-52(66)47(45(38-22-16-12-17-23-38)61-54(68)80-55(3,4)5)77-43(63)33-73-29-28-72-27-26-60-53(67)74-32-37-20-14-11-15-21-37/h11-25,40-42,45-48,50,69H,26-34H2,1-10H3,(H,60,67)(H,61,68)/t40-,41-,42+,45-,46+,47+,48-,50-,57+,58-,59+/m0/s1. The highest BCUT2D eigenvalue weighted by Gasteiger charge is 2.78. The summed E-state index contributed by atoms with van der Waals surface area (Å²) in [7, 11) is 2.74. The Morgan fingerprint density at radius 1 is 0.825 bits per heavy atom. The van der Waals surface area contributed by atoms with Gasteiger partial charge in [-0.2, -0.15) is 0 Å². The third kappa shape index (κ3) is 12.9. The molecule has 11 atom stereocenters. The van der Waals surface area contributed by atoms with Crippen LogP contribution in [0.2, 0.25) is 0 Å². The second-order valence-corrected chi connectivity index (χ2v) is 22.1. The molecule has 1 aliphatic heterocycles. The van der Waals surface area contributed by atoms with Crippen molar-refractivity contribution in [3.05, 3.63) is 119 Å². The number of hydrogen-bond acceptors (Lipinski definition) is 19. The molecule has 80 heavy (non-hydrogen) atoms. The van der Waals surface area contributed by atoms with Gasteiger partial charge in [-0.05, 0) is 69.0 Å². The lowest BCUT2D eigenvalue weighted by molar-refractivity contribution is -0.347. The van der Waals surface area contributed by atoms with Crippen molar-refractivity contribution in [2.75, 3.05) is 53.8 Å². The lowest BCUT2D eigenvalue weighted by atomic mass is 9.44. The van der Waals surface area contributed by atoms with E-state index in [1.807, 2.05) is 30.3 Å². The summed E-state index contributed by atoms with van der Waals surface area (Å²) in [5.74, 6) is -5.84. The Balaban J connectivity index is 1.22. The molecule has 3 aromatic carbocycles. The maximum Gasteiger partial charge on any atom is 0.408 e. The number of carbonyl (C=O) groups is 7. The molecule has 2 bridgehead atoms. The van der Waals surface area contributed by atoms with Crippen LogP contribution >= 0.6 is 0 Å². The molecule has 21 nitrogen and oxygen atoms in total. The molecule has 3 aliphatic carbocycles. The summed E-state index contributed by atoms with van der Waals surface area (Å²) in [6, 6.07) is 23.9. The number of rotatable bonds is 21. The van der Waals surface area contributed by atoms with E-state index in [9.17, 15) is 29.1 Å². The molecular weight excluding hydrogens is 1040 g/mol. The van der Waals surface area contributed by atoms with Gasteiger partial charge < -0.3 is 67.8 Å². The quantitative estimate of drug-likeness (QED) is 0.0472. The first-order valence-corrected chi connectivity index (χ1v) is 26.6. The minimum atomic E-state index is -2.33. The van der Waals surface area contributed by atoms with Crippen LogP contribution in [0.3, 0.4) is 0 Å². The number of ether oxygens (including phenoxy) is 11. The van der Waals surface area contributed by atoms with Crippen LogP contribution in [0.25, 0.3) is 0 Å². The van der Waals surface area contributed by atoms with E-state index >= 15 is 9.59 Å². The Morgan fingerprint density at radius 2 is 1.46 bits per heavy atom. The highest BCUT2D eigenvalue weighted by atomic mass is 16.6. The SMILES string of the molecule is CO[C@H]1C(=O)[C@]2(C)[C@@H](OC)C[C@H]3OC[C@@]3(OC(C)=O)[C@H]2[C@H](OC(=O)c2ccccc2)[C@]2(O)C[C@H](OC(=O)[C@H](OC(=O)COCCOCCNC(=O)OCc3ccccc3)[C@@H](NC(=O)OC(C)(C)C)c3ccccc3)C(C)=C1C2(C)C. The first-order valence-electron chi connectivity index (χ1n) is 26.6. The van der Waals surface area contributed by atoms with E-state index in [1.54, 1.807) is 97.0 Å². The maximum absolute atomic E-state index is 15.9. The smallest absolute Gasteiger partial charge is 0.408 e.